The summed E-state index contributed by atoms with van der Waals surface area (Å²) in [6.45, 7) is 5.89. The average Bonchev–Trinajstić information content (AvgIpc) is 2.40. The van der Waals surface area contributed by atoms with Crippen LogP contribution >= 0.6 is 0 Å². The van der Waals surface area contributed by atoms with Gasteiger partial charge in [0.25, 0.3) is 0 Å². The number of hydrogen-bond acceptors (Lipinski definition) is 2. The van der Waals surface area contributed by atoms with Crippen LogP contribution in [0.5, 0.6) is 5.75 Å². The van der Waals surface area contributed by atoms with Crippen molar-refractivity contribution in [3.05, 3.63) is 29.3 Å². The highest BCUT2D eigenvalue weighted by Crippen LogP contribution is 2.45. The molecule has 1 aromatic carbocycles. The van der Waals surface area contributed by atoms with Crippen LogP contribution in [0.15, 0.2) is 18.2 Å². The molecule has 2 unspecified atom stereocenters. The molecule has 2 rings (SSSR count). The zero-order chi connectivity index (χ0) is 11.9. The van der Waals surface area contributed by atoms with Crippen molar-refractivity contribution in [2.24, 2.45) is 0 Å². The molecule has 0 saturated carbocycles. The molecule has 0 saturated heterocycles. The molecular formula is C13H16O3. The summed E-state index contributed by atoms with van der Waals surface area (Å²) in [5, 5.41) is 9.00. The molecule has 86 valence electrons. The number of fused-ring (bicyclic) bond motifs is 1. The van der Waals surface area contributed by atoms with Crippen molar-refractivity contribution >= 4 is 5.97 Å². The van der Waals surface area contributed by atoms with Gasteiger partial charge in [-0.05, 0) is 19.9 Å². The smallest absolute Gasteiger partial charge is 0.304 e. The second-order valence-electron chi connectivity index (χ2n) is 4.75. The maximum absolute atomic E-state index is 10.9. The molecule has 16 heavy (non-hydrogen) atoms. The second-order valence-corrected chi connectivity index (χ2v) is 4.75. The standard InChI is InChI=1S/C13H16O3/c1-8-4-5-11-10(6-8)13(3,7-12(14)15)9(2)16-11/h4-6,9H,7H2,1-3H3,(H,14,15). The van der Waals surface area contributed by atoms with E-state index in [1.165, 1.54) is 0 Å². The fourth-order valence-corrected chi connectivity index (χ4v) is 2.29. The Balaban J connectivity index is 2.48. The molecule has 0 fully saturated rings. The van der Waals surface area contributed by atoms with Crippen molar-refractivity contribution in [1.82, 2.24) is 0 Å². The van der Waals surface area contributed by atoms with Crippen LogP contribution in [-0.2, 0) is 10.2 Å². The molecule has 1 N–H and O–H groups in total. The third-order valence-corrected chi connectivity index (χ3v) is 3.47. The maximum atomic E-state index is 10.9. The van der Waals surface area contributed by atoms with Crippen LogP contribution < -0.4 is 4.74 Å². The third-order valence-electron chi connectivity index (χ3n) is 3.47. The Morgan fingerprint density at radius 3 is 2.88 bits per heavy atom. The predicted octanol–water partition coefficient (Wildman–Crippen LogP) is 2.51. The third kappa shape index (κ3) is 1.56. The number of aliphatic carboxylic acids is 1. The fourth-order valence-electron chi connectivity index (χ4n) is 2.29. The number of hydrogen-bond donors (Lipinski definition) is 1. The van der Waals surface area contributed by atoms with Crippen LogP contribution in [-0.4, -0.2) is 17.2 Å². The van der Waals surface area contributed by atoms with Gasteiger partial charge in [-0.2, -0.15) is 0 Å². The molecule has 0 aromatic heterocycles. The Labute approximate surface area is 95.0 Å². The number of ether oxygens (including phenoxy) is 1. The summed E-state index contributed by atoms with van der Waals surface area (Å²) >= 11 is 0. The Morgan fingerprint density at radius 2 is 2.25 bits per heavy atom. The molecule has 0 amide bonds. The Hall–Kier alpha value is -1.51. The van der Waals surface area contributed by atoms with Gasteiger partial charge < -0.3 is 9.84 Å². The number of carboxylic acid groups (broad SMARTS) is 1. The molecule has 1 heterocycles. The lowest BCUT2D eigenvalue weighted by Gasteiger charge is -2.26. The van der Waals surface area contributed by atoms with Crippen LogP contribution in [0.1, 0.15) is 31.4 Å². The minimum absolute atomic E-state index is 0.0969. The monoisotopic (exact) mass is 220 g/mol. The van der Waals surface area contributed by atoms with E-state index in [0.29, 0.717) is 0 Å². The summed E-state index contributed by atoms with van der Waals surface area (Å²) in [4.78, 5) is 10.9. The summed E-state index contributed by atoms with van der Waals surface area (Å²) in [6, 6.07) is 5.94. The van der Waals surface area contributed by atoms with Gasteiger partial charge in [-0.15, -0.1) is 0 Å². The van der Waals surface area contributed by atoms with Crippen LogP contribution in [0, 0.1) is 6.92 Å². The predicted molar refractivity (Wildman–Crippen MR) is 60.9 cm³/mol. The number of carbonyl (C=O) groups is 1. The van der Waals surface area contributed by atoms with E-state index in [1.807, 2.05) is 39.0 Å². The van der Waals surface area contributed by atoms with Crippen LogP contribution in [0.25, 0.3) is 0 Å². The fraction of sp³-hybridized carbons (Fsp3) is 0.462. The molecule has 0 spiro atoms. The molecule has 0 aliphatic carbocycles. The van der Waals surface area contributed by atoms with Gasteiger partial charge >= 0.3 is 5.97 Å². The molecule has 1 aromatic rings. The summed E-state index contributed by atoms with van der Waals surface area (Å²) in [7, 11) is 0. The molecule has 1 aliphatic heterocycles. The van der Waals surface area contributed by atoms with Gasteiger partial charge in [0, 0.05) is 11.0 Å². The van der Waals surface area contributed by atoms with E-state index >= 15 is 0 Å². The van der Waals surface area contributed by atoms with Gasteiger partial charge in [0.05, 0.1) is 6.42 Å². The Kier molecular flexibility index (Phi) is 2.41. The lowest BCUT2D eigenvalue weighted by Crippen LogP contribution is -2.35. The van der Waals surface area contributed by atoms with Gasteiger partial charge in [0.2, 0.25) is 0 Å². The summed E-state index contributed by atoms with van der Waals surface area (Å²) in [5.41, 5.74) is 1.73. The largest absolute Gasteiger partial charge is 0.489 e. The van der Waals surface area contributed by atoms with Crippen LogP contribution in [0.4, 0.5) is 0 Å². The number of carboxylic acids is 1. The lowest BCUT2D eigenvalue weighted by atomic mass is 9.76. The van der Waals surface area contributed by atoms with E-state index in [0.717, 1.165) is 16.9 Å². The molecule has 3 nitrogen and oxygen atoms in total. The molecular weight excluding hydrogens is 204 g/mol. The van der Waals surface area contributed by atoms with Crippen molar-refractivity contribution in [2.75, 3.05) is 0 Å². The second kappa shape index (κ2) is 3.51. The zero-order valence-corrected chi connectivity index (χ0v) is 9.78. The van der Waals surface area contributed by atoms with E-state index in [2.05, 4.69) is 0 Å². The van der Waals surface area contributed by atoms with Crippen LogP contribution in [0.3, 0.4) is 0 Å². The van der Waals surface area contributed by atoms with E-state index < -0.39 is 11.4 Å². The van der Waals surface area contributed by atoms with Crippen molar-refractivity contribution in [1.29, 1.82) is 0 Å². The van der Waals surface area contributed by atoms with Crippen LogP contribution in [0.2, 0.25) is 0 Å². The number of benzene rings is 1. The topological polar surface area (TPSA) is 46.5 Å². The summed E-state index contributed by atoms with van der Waals surface area (Å²) in [6.07, 6.45) is 0.00495. The van der Waals surface area contributed by atoms with Gasteiger partial charge in [-0.1, -0.05) is 24.6 Å². The average molecular weight is 220 g/mol. The highest BCUT2D eigenvalue weighted by molar-refractivity contribution is 5.70. The molecule has 3 heteroatoms. The first-order chi connectivity index (χ1) is 7.43. The van der Waals surface area contributed by atoms with Crippen molar-refractivity contribution < 1.29 is 14.6 Å². The number of rotatable bonds is 2. The van der Waals surface area contributed by atoms with E-state index in [-0.39, 0.29) is 12.5 Å². The van der Waals surface area contributed by atoms with E-state index in [1.54, 1.807) is 0 Å². The first-order valence-electron chi connectivity index (χ1n) is 5.43. The number of aryl methyl sites for hydroxylation is 1. The lowest BCUT2D eigenvalue weighted by molar-refractivity contribution is -0.139. The first kappa shape index (κ1) is 11.0. The van der Waals surface area contributed by atoms with Crippen molar-refractivity contribution in [3.63, 3.8) is 0 Å². The highest BCUT2D eigenvalue weighted by atomic mass is 16.5. The normalized spacial score (nSPS) is 27.3. The van der Waals surface area contributed by atoms with Gasteiger partial charge in [-0.3, -0.25) is 4.79 Å². The minimum Gasteiger partial charge on any atom is -0.489 e. The SMILES string of the molecule is Cc1ccc2c(c1)C(C)(CC(=O)O)C(C)O2. The molecule has 1 aliphatic rings. The van der Waals surface area contributed by atoms with Crippen molar-refractivity contribution in [2.45, 2.75) is 38.7 Å². The molecule has 0 bridgehead atoms. The van der Waals surface area contributed by atoms with E-state index in [4.69, 9.17) is 9.84 Å². The quantitative estimate of drug-likeness (QED) is 0.833. The van der Waals surface area contributed by atoms with Crippen molar-refractivity contribution in [3.8, 4) is 5.75 Å². The summed E-state index contributed by atoms with van der Waals surface area (Å²) < 4.78 is 5.71. The first-order valence-corrected chi connectivity index (χ1v) is 5.43. The highest BCUT2D eigenvalue weighted by Gasteiger charge is 2.44. The maximum Gasteiger partial charge on any atom is 0.304 e. The van der Waals surface area contributed by atoms with Gasteiger partial charge in [-0.25, -0.2) is 0 Å². The summed E-state index contributed by atoms with van der Waals surface area (Å²) in [5.74, 6) is 0.0363. The Bertz CT molecular complexity index is 439. The molecule has 2 atom stereocenters. The minimum atomic E-state index is -0.785. The van der Waals surface area contributed by atoms with Gasteiger partial charge in [0.1, 0.15) is 11.9 Å². The van der Waals surface area contributed by atoms with E-state index in [9.17, 15) is 4.79 Å². The van der Waals surface area contributed by atoms with Gasteiger partial charge in [0.15, 0.2) is 0 Å². The Morgan fingerprint density at radius 1 is 1.56 bits per heavy atom. The zero-order valence-electron chi connectivity index (χ0n) is 9.78. The molecule has 0 radical (unpaired) electrons.